The molecule has 1 aliphatic rings. The van der Waals surface area contributed by atoms with Gasteiger partial charge in [-0.3, -0.25) is 0 Å². The first-order valence-electron chi connectivity index (χ1n) is 7.76. The van der Waals surface area contributed by atoms with Crippen LogP contribution in [-0.4, -0.2) is 26.9 Å². The van der Waals surface area contributed by atoms with Crippen LogP contribution in [0.1, 0.15) is 38.7 Å². The number of methoxy groups -OCH3 is 3. The molecule has 0 amide bonds. The van der Waals surface area contributed by atoms with Gasteiger partial charge in [0.05, 0.1) is 0 Å². The minimum absolute atomic E-state index is 0.365. The minimum atomic E-state index is -0.366. The Balaban J connectivity index is 2.36. The standard InChI is InChI=1S/C19H26IO3/c1-13(2)14-7-9-15(10-8-14)20-18-17(22-5)11-16(21-4)12-19(18,3)23-6/h7-11,13H,12H2,1-6H3/q-1. The Morgan fingerprint density at radius 2 is 1.70 bits per heavy atom. The quantitative estimate of drug-likeness (QED) is 0.638. The van der Waals surface area contributed by atoms with E-state index >= 15 is 0 Å². The van der Waals surface area contributed by atoms with Crippen molar-refractivity contribution in [2.24, 2.45) is 0 Å². The van der Waals surface area contributed by atoms with E-state index in [9.17, 15) is 0 Å². The third-order valence-electron chi connectivity index (χ3n) is 4.16. The van der Waals surface area contributed by atoms with Crippen LogP contribution in [0.3, 0.4) is 0 Å². The first-order valence-corrected chi connectivity index (χ1v) is 9.92. The van der Waals surface area contributed by atoms with Gasteiger partial charge in [0.2, 0.25) is 0 Å². The SMILES string of the molecule is COC1=CC(OC)=C([I-]c2ccc(C(C)C)cc2)C(C)(OC)C1. The average molecular weight is 429 g/mol. The number of allylic oxidation sites excluding steroid dienone is 1. The monoisotopic (exact) mass is 429 g/mol. The Hall–Kier alpha value is -1.01. The van der Waals surface area contributed by atoms with E-state index in [4.69, 9.17) is 14.2 Å². The number of hydrogen-bond donors (Lipinski definition) is 0. The molecule has 0 aliphatic heterocycles. The topological polar surface area (TPSA) is 27.7 Å². The van der Waals surface area contributed by atoms with E-state index in [1.165, 1.54) is 12.7 Å². The maximum atomic E-state index is 5.86. The van der Waals surface area contributed by atoms with Crippen LogP contribution in [0.25, 0.3) is 0 Å². The van der Waals surface area contributed by atoms with Gasteiger partial charge in [0.25, 0.3) is 0 Å². The molecule has 1 aliphatic carbocycles. The molecular weight excluding hydrogens is 403 g/mol. The Labute approximate surface area is 150 Å². The van der Waals surface area contributed by atoms with Gasteiger partial charge >= 0.3 is 150 Å². The van der Waals surface area contributed by atoms with Crippen molar-refractivity contribution in [1.29, 1.82) is 0 Å². The summed E-state index contributed by atoms with van der Waals surface area (Å²) in [5.41, 5.74) is 1.01. The molecule has 0 heterocycles. The Morgan fingerprint density at radius 3 is 2.17 bits per heavy atom. The number of hydrogen-bond acceptors (Lipinski definition) is 3. The van der Waals surface area contributed by atoms with Gasteiger partial charge < -0.3 is 0 Å². The number of ether oxygens (including phenoxy) is 3. The Kier molecular flexibility index (Phi) is 6.14. The van der Waals surface area contributed by atoms with Gasteiger partial charge in [0, 0.05) is 0 Å². The van der Waals surface area contributed by atoms with Crippen molar-refractivity contribution in [3.8, 4) is 0 Å². The third-order valence-corrected chi connectivity index (χ3v) is 7.71. The van der Waals surface area contributed by atoms with Crippen molar-refractivity contribution in [2.45, 2.75) is 38.7 Å². The Bertz CT molecular complexity index is 602. The van der Waals surface area contributed by atoms with Crippen molar-refractivity contribution >= 4 is 0 Å². The van der Waals surface area contributed by atoms with Crippen molar-refractivity contribution in [1.82, 2.24) is 0 Å². The van der Waals surface area contributed by atoms with Gasteiger partial charge in [-0.2, -0.15) is 0 Å². The fourth-order valence-electron chi connectivity index (χ4n) is 2.54. The maximum absolute atomic E-state index is 5.86. The van der Waals surface area contributed by atoms with E-state index in [0.717, 1.165) is 17.9 Å². The summed E-state index contributed by atoms with van der Waals surface area (Å²) in [5, 5.41) is 0. The second-order valence-corrected chi connectivity index (χ2v) is 8.97. The molecule has 23 heavy (non-hydrogen) atoms. The molecule has 1 unspecified atom stereocenters. The van der Waals surface area contributed by atoms with E-state index in [0.29, 0.717) is 5.92 Å². The van der Waals surface area contributed by atoms with Gasteiger partial charge in [-0.25, -0.2) is 0 Å². The predicted molar refractivity (Wildman–Crippen MR) is 88.4 cm³/mol. The molecule has 0 N–H and O–H groups in total. The summed E-state index contributed by atoms with van der Waals surface area (Å²) in [6, 6.07) is 8.95. The molecule has 3 nitrogen and oxygen atoms in total. The Morgan fingerprint density at radius 1 is 1.04 bits per heavy atom. The average Bonchev–Trinajstić information content (AvgIpc) is 2.56. The zero-order valence-electron chi connectivity index (χ0n) is 14.8. The van der Waals surface area contributed by atoms with Crippen LogP contribution in [0.2, 0.25) is 0 Å². The summed E-state index contributed by atoms with van der Waals surface area (Å²) in [6.07, 6.45) is 2.74. The first kappa shape index (κ1) is 18.3. The molecular formula is C19H26IO3-. The van der Waals surface area contributed by atoms with Crippen LogP contribution in [0.5, 0.6) is 0 Å². The van der Waals surface area contributed by atoms with Gasteiger partial charge in [-0.15, -0.1) is 0 Å². The van der Waals surface area contributed by atoms with Crippen LogP contribution in [0.4, 0.5) is 0 Å². The fourth-order valence-corrected chi connectivity index (χ4v) is 5.50. The van der Waals surface area contributed by atoms with Crippen molar-refractivity contribution in [3.05, 3.63) is 54.6 Å². The molecule has 1 aromatic carbocycles. The zero-order valence-corrected chi connectivity index (χ0v) is 16.9. The zero-order chi connectivity index (χ0) is 17.0. The number of rotatable bonds is 6. The predicted octanol–water partition coefficient (Wildman–Crippen LogP) is 1.27. The van der Waals surface area contributed by atoms with E-state index in [1.807, 2.05) is 6.08 Å². The molecule has 0 bridgehead atoms. The van der Waals surface area contributed by atoms with E-state index < -0.39 is 0 Å². The first-order chi connectivity index (χ1) is 10.9. The van der Waals surface area contributed by atoms with Gasteiger partial charge in [0.15, 0.2) is 0 Å². The molecule has 0 aromatic heterocycles. The molecule has 0 saturated carbocycles. The van der Waals surface area contributed by atoms with Crippen molar-refractivity contribution in [3.63, 3.8) is 0 Å². The van der Waals surface area contributed by atoms with Crippen molar-refractivity contribution < 1.29 is 35.4 Å². The molecule has 1 aromatic rings. The van der Waals surface area contributed by atoms with Gasteiger partial charge in [-0.05, 0) is 0 Å². The van der Waals surface area contributed by atoms with Crippen LogP contribution >= 0.6 is 0 Å². The van der Waals surface area contributed by atoms with Crippen LogP contribution in [-0.2, 0) is 14.2 Å². The van der Waals surface area contributed by atoms with E-state index in [2.05, 4.69) is 45.0 Å². The van der Waals surface area contributed by atoms with Crippen LogP contribution in [0, 0.1) is 3.57 Å². The summed E-state index contributed by atoms with van der Waals surface area (Å²) in [4.78, 5) is 0. The molecule has 0 radical (unpaired) electrons. The molecule has 0 fully saturated rings. The molecule has 128 valence electrons. The summed E-state index contributed by atoms with van der Waals surface area (Å²) in [6.45, 7) is 6.56. The number of benzene rings is 1. The molecule has 1 atom stereocenters. The number of halogens is 1. The molecule has 4 heteroatoms. The van der Waals surface area contributed by atoms with Gasteiger partial charge in [-0.1, -0.05) is 0 Å². The second kappa shape index (κ2) is 7.71. The second-order valence-electron chi connectivity index (χ2n) is 6.11. The summed E-state index contributed by atoms with van der Waals surface area (Å²) in [5.74, 6) is 2.34. The normalized spacial score (nSPS) is 21.6. The van der Waals surface area contributed by atoms with Crippen LogP contribution in [0.15, 0.2) is 45.4 Å². The molecule has 0 saturated heterocycles. The summed E-state index contributed by atoms with van der Waals surface area (Å²) >= 11 is -0.365. The van der Waals surface area contributed by atoms with Gasteiger partial charge in [0.1, 0.15) is 0 Å². The third kappa shape index (κ3) is 4.10. The van der Waals surface area contributed by atoms with E-state index in [-0.39, 0.29) is 26.8 Å². The van der Waals surface area contributed by atoms with Crippen LogP contribution < -0.4 is 21.2 Å². The fraction of sp³-hybridized carbons (Fsp3) is 0.474. The summed E-state index contributed by atoms with van der Waals surface area (Å²) in [7, 11) is 5.17. The molecule has 2 rings (SSSR count). The summed E-state index contributed by atoms with van der Waals surface area (Å²) < 4.78 is 19.6. The molecule has 0 spiro atoms. The van der Waals surface area contributed by atoms with Crippen molar-refractivity contribution in [2.75, 3.05) is 21.3 Å². The van der Waals surface area contributed by atoms with E-state index in [1.54, 1.807) is 21.3 Å².